The van der Waals surface area contributed by atoms with Gasteiger partial charge < -0.3 is 20.1 Å². The minimum atomic E-state index is -1.83. The van der Waals surface area contributed by atoms with Crippen molar-refractivity contribution < 1.29 is 14.6 Å². The Labute approximate surface area is 185 Å². The van der Waals surface area contributed by atoms with E-state index in [0.717, 1.165) is 27.6 Å². The first kappa shape index (κ1) is 20.8. The molecule has 7 nitrogen and oxygen atoms in total. The van der Waals surface area contributed by atoms with E-state index in [4.69, 9.17) is 15.5 Å². The first-order valence-electron chi connectivity index (χ1n) is 11.0. The second-order valence-electron chi connectivity index (χ2n) is 9.16. The maximum absolute atomic E-state index is 13.4. The van der Waals surface area contributed by atoms with Crippen LogP contribution in [0.2, 0.25) is 0 Å². The normalized spacial score (nSPS) is 20.0. The Morgan fingerprint density at radius 3 is 2.62 bits per heavy atom. The minimum absolute atomic E-state index is 0.0591. The molecule has 2 aromatic heterocycles. The van der Waals surface area contributed by atoms with Gasteiger partial charge in [-0.3, -0.25) is 4.79 Å². The van der Waals surface area contributed by atoms with Gasteiger partial charge in [-0.2, -0.15) is 0 Å². The van der Waals surface area contributed by atoms with E-state index >= 15 is 0 Å². The summed E-state index contributed by atoms with van der Waals surface area (Å²) in [5.41, 5.74) is 11.4. The molecule has 2 aliphatic heterocycles. The summed E-state index contributed by atoms with van der Waals surface area (Å²) in [6.45, 7) is 8.05. The number of cyclic esters (lactones) is 1. The number of carbonyl (C=O) groups is 1. The third kappa shape index (κ3) is 2.77. The summed E-state index contributed by atoms with van der Waals surface area (Å²) < 4.78 is 6.84. The molecule has 3 aromatic rings. The van der Waals surface area contributed by atoms with Crippen molar-refractivity contribution in [3.8, 4) is 11.4 Å². The zero-order chi connectivity index (χ0) is 22.9. The summed E-state index contributed by atoms with van der Waals surface area (Å²) in [5, 5.41) is 12.1. The van der Waals surface area contributed by atoms with Gasteiger partial charge in [0.2, 0.25) is 0 Å². The second-order valence-corrected chi connectivity index (χ2v) is 9.16. The van der Waals surface area contributed by atoms with Crippen LogP contribution in [-0.2, 0) is 34.7 Å². The maximum atomic E-state index is 13.4. The quantitative estimate of drug-likeness (QED) is 0.481. The Morgan fingerprint density at radius 2 is 1.94 bits per heavy atom. The molecule has 0 fully saturated rings. The van der Waals surface area contributed by atoms with E-state index in [0.29, 0.717) is 35.5 Å². The van der Waals surface area contributed by atoms with Crippen LogP contribution in [0.25, 0.3) is 22.3 Å². The molecule has 0 saturated carbocycles. The number of hydrogen-bond donors (Lipinski definition) is 2. The van der Waals surface area contributed by atoms with Gasteiger partial charge in [0.25, 0.3) is 5.56 Å². The van der Waals surface area contributed by atoms with E-state index in [-0.39, 0.29) is 24.6 Å². The van der Waals surface area contributed by atoms with Gasteiger partial charge in [-0.15, -0.1) is 0 Å². The fourth-order valence-electron chi connectivity index (χ4n) is 4.98. The summed E-state index contributed by atoms with van der Waals surface area (Å²) >= 11 is 0. The minimum Gasteiger partial charge on any atom is -0.458 e. The number of carbonyl (C=O) groups excluding carboxylic acids is 1. The summed E-state index contributed by atoms with van der Waals surface area (Å²) in [4.78, 5) is 30.8. The van der Waals surface area contributed by atoms with Crippen molar-refractivity contribution in [3.05, 3.63) is 61.9 Å². The van der Waals surface area contributed by atoms with E-state index < -0.39 is 11.6 Å². The zero-order valence-corrected chi connectivity index (χ0v) is 18.8. The van der Waals surface area contributed by atoms with E-state index in [1.165, 1.54) is 5.56 Å². The number of nitrogens with zero attached hydrogens (tertiary/aromatic N) is 2. The summed E-state index contributed by atoms with van der Waals surface area (Å²) in [5.74, 6) is -0.717. The average Bonchev–Trinajstić information content (AvgIpc) is 3.11. The molecular formula is C25H27N3O4. The van der Waals surface area contributed by atoms with E-state index in [9.17, 15) is 14.7 Å². The maximum Gasteiger partial charge on any atom is 0.343 e. The Kier molecular flexibility index (Phi) is 4.55. The molecule has 0 saturated heterocycles. The number of aromatic nitrogens is 2. The molecule has 32 heavy (non-hydrogen) atoms. The smallest absolute Gasteiger partial charge is 0.343 e. The predicted octanol–water partition coefficient (Wildman–Crippen LogP) is 2.59. The van der Waals surface area contributed by atoms with Crippen LogP contribution in [0.3, 0.4) is 0 Å². The molecule has 4 heterocycles. The Bertz CT molecular complexity index is 1370. The number of ether oxygens (including phenoxy) is 1. The molecule has 0 aliphatic carbocycles. The van der Waals surface area contributed by atoms with Crippen LogP contribution in [0, 0.1) is 13.8 Å². The van der Waals surface area contributed by atoms with Gasteiger partial charge in [0.1, 0.15) is 6.61 Å². The number of rotatable bonds is 3. The zero-order valence-electron chi connectivity index (χ0n) is 18.8. The summed E-state index contributed by atoms with van der Waals surface area (Å²) in [6, 6.07) is 5.90. The SMILES string of the molecule is CC[C@@]1(O)C(=O)OCc2c1cc1n(c2=O)Cc2c-1nc1cc(C)c(C)cc1c2C[C@@H](C)N. The lowest BCUT2D eigenvalue weighted by Crippen LogP contribution is -2.44. The highest BCUT2D eigenvalue weighted by Crippen LogP contribution is 2.40. The molecule has 166 valence electrons. The van der Waals surface area contributed by atoms with Crippen LogP contribution in [0.5, 0.6) is 0 Å². The Hall–Kier alpha value is -3.03. The van der Waals surface area contributed by atoms with Gasteiger partial charge in [-0.05, 0) is 68.5 Å². The highest BCUT2D eigenvalue weighted by Gasteiger charge is 2.45. The molecule has 2 atom stereocenters. The average molecular weight is 434 g/mol. The fraction of sp³-hybridized carbons (Fsp3) is 0.400. The number of aryl methyl sites for hydroxylation is 2. The second kappa shape index (κ2) is 6.98. The van der Waals surface area contributed by atoms with Crippen LogP contribution >= 0.6 is 0 Å². The Morgan fingerprint density at radius 1 is 1.22 bits per heavy atom. The largest absolute Gasteiger partial charge is 0.458 e. The lowest BCUT2D eigenvalue weighted by molar-refractivity contribution is -0.172. The van der Waals surface area contributed by atoms with Crippen molar-refractivity contribution in [2.24, 2.45) is 5.73 Å². The number of hydrogen-bond acceptors (Lipinski definition) is 6. The number of nitrogens with two attached hydrogens (primary N) is 1. The lowest BCUT2D eigenvalue weighted by atomic mass is 9.86. The molecule has 7 heteroatoms. The monoisotopic (exact) mass is 433 g/mol. The van der Waals surface area contributed by atoms with Crippen LogP contribution < -0.4 is 11.3 Å². The van der Waals surface area contributed by atoms with Crippen molar-refractivity contribution in [2.45, 2.75) is 65.3 Å². The standard InChI is InChI=1S/C25H27N3O4/c1-5-25(31)19-9-21-22-17(10-28(21)23(29)18(19)11-32-24(25)30)15(8-14(4)26)16-6-12(2)13(3)7-20(16)27-22/h6-7,9,14,31H,5,8,10-11,26H2,1-4H3/t14-,25+/m1/s1. The van der Waals surface area contributed by atoms with E-state index in [1.54, 1.807) is 17.6 Å². The van der Waals surface area contributed by atoms with E-state index in [2.05, 4.69) is 26.0 Å². The van der Waals surface area contributed by atoms with Crippen molar-refractivity contribution in [2.75, 3.05) is 0 Å². The summed E-state index contributed by atoms with van der Waals surface area (Å²) in [6.07, 6.45) is 0.779. The molecule has 0 spiro atoms. The highest BCUT2D eigenvalue weighted by molar-refractivity contribution is 5.90. The van der Waals surface area contributed by atoms with Crippen molar-refractivity contribution >= 4 is 16.9 Å². The van der Waals surface area contributed by atoms with Crippen molar-refractivity contribution in [1.29, 1.82) is 0 Å². The number of aliphatic hydroxyl groups is 1. The van der Waals surface area contributed by atoms with Gasteiger partial charge in [0.05, 0.1) is 29.0 Å². The topological polar surface area (TPSA) is 107 Å². The summed E-state index contributed by atoms with van der Waals surface area (Å²) in [7, 11) is 0. The molecule has 2 aliphatic rings. The fourth-order valence-corrected chi connectivity index (χ4v) is 4.98. The predicted molar refractivity (Wildman–Crippen MR) is 121 cm³/mol. The van der Waals surface area contributed by atoms with Gasteiger partial charge in [0.15, 0.2) is 5.60 Å². The van der Waals surface area contributed by atoms with Gasteiger partial charge >= 0.3 is 5.97 Å². The molecule has 1 aromatic carbocycles. The molecule has 5 rings (SSSR count). The van der Waals surface area contributed by atoms with Gasteiger partial charge in [0, 0.05) is 22.6 Å². The Balaban J connectivity index is 1.84. The molecule has 0 radical (unpaired) electrons. The number of esters is 1. The van der Waals surface area contributed by atoms with Gasteiger partial charge in [-0.25, -0.2) is 9.78 Å². The van der Waals surface area contributed by atoms with Gasteiger partial charge in [-0.1, -0.05) is 6.92 Å². The number of fused-ring (bicyclic) bond motifs is 5. The lowest BCUT2D eigenvalue weighted by Gasteiger charge is -2.31. The third-order valence-corrected chi connectivity index (χ3v) is 6.95. The molecular weight excluding hydrogens is 406 g/mol. The third-order valence-electron chi connectivity index (χ3n) is 6.95. The first-order chi connectivity index (χ1) is 15.2. The van der Waals surface area contributed by atoms with E-state index in [1.807, 2.05) is 6.92 Å². The highest BCUT2D eigenvalue weighted by atomic mass is 16.6. The van der Waals surface area contributed by atoms with Crippen LogP contribution in [0.1, 0.15) is 53.6 Å². The molecule has 0 unspecified atom stereocenters. The molecule has 0 bridgehead atoms. The van der Waals surface area contributed by atoms with Crippen LogP contribution in [-0.4, -0.2) is 26.7 Å². The number of pyridine rings is 2. The first-order valence-corrected chi connectivity index (χ1v) is 11.0. The van der Waals surface area contributed by atoms with Crippen molar-refractivity contribution in [1.82, 2.24) is 9.55 Å². The number of benzene rings is 1. The van der Waals surface area contributed by atoms with Crippen LogP contribution in [0.4, 0.5) is 0 Å². The van der Waals surface area contributed by atoms with Crippen LogP contribution in [0.15, 0.2) is 23.0 Å². The molecule has 0 amide bonds. The molecule has 3 N–H and O–H groups in total. The van der Waals surface area contributed by atoms with Crippen molar-refractivity contribution in [3.63, 3.8) is 0 Å².